The maximum absolute atomic E-state index is 12.7. The van der Waals surface area contributed by atoms with Crippen LogP contribution in [0.5, 0.6) is 5.75 Å². The maximum atomic E-state index is 12.7. The van der Waals surface area contributed by atoms with Crippen LogP contribution >= 0.6 is 11.6 Å². The SMILES string of the molecule is COC(=O)Oc1ccc2c(c1)c(C(=O)c1cc(Cl)ncn1)cn2C. The number of ketones is 1. The number of ether oxygens (including phenoxy) is 2. The Hall–Kier alpha value is -2.93. The number of halogens is 1. The van der Waals surface area contributed by atoms with Crippen molar-refractivity contribution >= 4 is 34.4 Å². The van der Waals surface area contributed by atoms with Crippen LogP contribution in [0.1, 0.15) is 16.1 Å². The van der Waals surface area contributed by atoms with Gasteiger partial charge in [0.2, 0.25) is 5.78 Å². The van der Waals surface area contributed by atoms with E-state index in [0.717, 1.165) is 5.52 Å². The van der Waals surface area contributed by atoms with Crippen molar-refractivity contribution in [3.63, 3.8) is 0 Å². The number of rotatable bonds is 3. The van der Waals surface area contributed by atoms with Gasteiger partial charge in [-0.2, -0.15) is 0 Å². The number of aromatic nitrogens is 3. The number of fused-ring (bicyclic) bond motifs is 1. The first-order valence-electron chi connectivity index (χ1n) is 6.86. The molecule has 0 bridgehead atoms. The minimum absolute atomic E-state index is 0.182. The van der Waals surface area contributed by atoms with E-state index >= 15 is 0 Å². The molecule has 0 saturated carbocycles. The quantitative estimate of drug-likeness (QED) is 0.314. The van der Waals surface area contributed by atoms with Crippen molar-refractivity contribution in [3.8, 4) is 5.75 Å². The number of methoxy groups -OCH3 is 1. The van der Waals surface area contributed by atoms with Gasteiger partial charge in [0.15, 0.2) is 0 Å². The molecule has 2 heterocycles. The third-order valence-corrected chi connectivity index (χ3v) is 3.65. The van der Waals surface area contributed by atoms with Crippen molar-refractivity contribution in [2.75, 3.05) is 7.11 Å². The first-order chi connectivity index (χ1) is 11.5. The predicted molar refractivity (Wildman–Crippen MR) is 86.4 cm³/mol. The molecule has 0 saturated heterocycles. The van der Waals surface area contributed by atoms with E-state index in [1.165, 1.54) is 19.5 Å². The normalized spacial score (nSPS) is 10.6. The van der Waals surface area contributed by atoms with Gasteiger partial charge in [0.05, 0.1) is 7.11 Å². The highest BCUT2D eigenvalue weighted by Gasteiger charge is 2.18. The Morgan fingerprint density at radius 3 is 2.71 bits per heavy atom. The Bertz CT molecular complexity index is 952. The van der Waals surface area contributed by atoms with Gasteiger partial charge >= 0.3 is 6.16 Å². The Morgan fingerprint density at radius 1 is 1.21 bits per heavy atom. The molecule has 0 unspecified atom stereocenters. The lowest BCUT2D eigenvalue weighted by atomic mass is 10.1. The van der Waals surface area contributed by atoms with Gasteiger partial charge in [-0.25, -0.2) is 14.8 Å². The lowest BCUT2D eigenvalue weighted by Crippen LogP contribution is -2.07. The largest absolute Gasteiger partial charge is 0.513 e. The van der Waals surface area contributed by atoms with E-state index in [2.05, 4.69) is 14.7 Å². The fraction of sp³-hybridized carbons (Fsp3) is 0.125. The Morgan fingerprint density at radius 2 is 2.00 bits per heavy atom. The van der Waals surface area contributed by atoms with E-state index in [-0.39, 0.29) is 22.4 Å². The summed E-state index contributed by atoms with van der Waals surface area (Å²) in [6.45, 7) is 0. The summed E-state index contributed by atoms with van der Waals surface area (Å²) in [5.74, 6) is -0.0320. The van der Waals surface area contributed by atoms with E-state index in [1.807, 2.05) is 7.05 Å². The number of carbonyl (C=O) groups excluding carboxylic acids is 2. The Labute approximate surface area is 141 Å². The molecule has 0 aliphatic rings. The topological polar surface area (TPSA) is 83.3 Å². The molecule has 0 spiro atoms. The summed E-state index contributed by atoms with van der Waals surface area (Å²) in [6, 6.07) is 6.37. The van der Waals surface area contributed by atoms with Crippen LogP contribution < -0.4 is 4.74 Å². The number of carbonyl (C=O) groups is 2. The van der Waals surface area contributed by atoms with Gasteiger partial charge in [-0.15, -0.1) is 0 Å². The molecule has 0 amide bonds. The van der Waals surface area contributed by atoms with Crippen molar-refractivity contribution in [2.24, 2.45) is 7.05 Å². The molecule has 7 nitrogen and oxygen atoms in total. The third kappa shape index (κ3) is 2.93. The molecular formula is C16H12ClN3O4. The second-order valence-electron chi connectivity index (χ2n) is 4.94. The zero-order chi connectivity index (χ0) is 17.3. The zero-order valence-electron chi connectivity index (χ0n) is 12.8. The molecule has 3 aromatic rings. The highest BCUT2D eigenvalue weighted by molar-refractivity contribution is 6.30. The summed E-state index contributed by atoms with van der Waals surface area (Å²) in [6.07, 6.45) is 2.08. The Balaban J connectivity index is 2.08. The van der Waals surface area contributed by atoms with Crippen molar-refractivity contribution in [3.05, 3.63) is 53.2 Å². The van der Waals surface area contributed by atoms with Gasteiger partial charge in [-0.3, -0.25) is 4.79 Å². The molecule has 122 valence electrons. The molecule has 0 fully saturated rings. The maximum Gasteiger partial charge on any atom is 0.513 e. The molecule has 2 aromatic heterocycles. The third-order valence-electron chi connectivity index (χ3n) is 3.44. The standard InChI is InChI=1S/C16H12ClN3O4/c1-20-7-11(15(21)12-6-14(17)19-8-18-12)10-5-9(3-4-13(10)20)24-16(22)23-2/h3-8H,1-2H3. The van der Waals surface area contributed by atoms with Gasteiger partial charge in [0.25, 0.3) is 0 Å². The fourth-order valence-electron chi connectivity index (χ4n) is 2.35. The molecule has 0 aliphatic heterocycles. The van der Waals surface area contributed by atoms with Gasteiger partial charge < -0.3 is 14.0 Å². The summed E-state index contributed by atoms with van der Waals surface area (Å²) in [5.41, 5.74) is 1.40. The summed E-state index contributed by atoms with van der Waals surface area (Å²) in [5, 5.41) is 0.807. The predicted octanol–water partition coefficient (Wildman–Crippen LogP) is 3.00. The number of nitrogens with zero attached hydrogens (tertiary/aromatic N) is 3. The first kappa shape index (κ1) is 15.9. The van der Waals surface area contributed by atoms with E-state index in [4.69, 9.17) is 16.3 Å². The van der Waals surface area contributed by atoms with Gasteiger partial charge in [-0.05, 0) is 18.2 Å². The fourth-order valence-corrected chi connectivity index (χ4v) is 2.50. The molecule has 0 atom stereocenters. The van der Waals surface area contributed by atoms with Crippen LogP contribution in [0.15, 0.2) is 36.8 Å². The van der Waals surface area contributed by atoms with E-state index in [1.54, 1.807) is 29.0 Å². The van der Waals surface area contributed by atoms with Crippen LogP contribution in [0, 0.1) is 0 Å². The second-order valence-corrected chi connectivity index (χ2v) is 5.33. The highest BCUT2D eigenvalue weighted by atomic mass is 35.5. The number of aryl methyl sites for hydroxylation is 1. The summed E-state index contributed by atoms with van der Waals surface area (Å²) >= 11 is 5.82. The molecule has 0 radical (unpaired) electrons. The zero-order valence-corrected chi connectivity index (χ0v) is 13.6. The van der Waals surface area contributed by atoms with Crippen LogP contribution in [0.3, 0.4) is 0 Å². The van der Waals surface area contributed by atoms with Gasteiger partial charge in [0, 0.05) is 35.8 Å². The van der Waals surface area contributed by atoms with E-state index in [9.17, 15) is 9.59 Å². The van der Waals surface area contributed by atoms with Crippen molar-refractivity contribution in [1.82, 2.24) is 14.5 Å². The molecular weight excluding hydrogens is 334 g/mol. The minimum Gasteiger partial charge on any atom is -0.437 e. The highest BCUT2D eigenvalue weighted by Crippen LogP contribution is 2.27. The van der Waals surface area contributed by atoms with Crippen LogP contribution in [0.2, 0.25) is 5.15 Å². The molecule has 0 aliphatic carbocycles. The molecule has 24 heavy (non-hydrogen) atoms. The van der Waals surface area contributed by atoms with E-state index in [0.29, 0.717) is 10.9 Å². The van der Waals surface area contributed by atoms with Crippen LogP contribution in [-0.2, 0) is 11.8 Å². The number of hydrogen-bond donors (Lipinski definition) is 0. The monoisotopic (exact) mass is 345 g/mol. The minimum atomic E-state index is -0.833. The second kappa shape index (κ2) is 6.29. The van der Waals surface area contributed by atoms with E-state index < -0.39 is 6.16 Å². The number of hydrogen-bond acceptors (Lipinski definition) is 6. The molecule has 0 N–H and O–H groups in total. The van der Waals surface area contributed by atoms with Crippen molar-refractivity contribution in [1.29, 1.82) is 0 Å². The van der Waals surface area contributed by atoms with Crippen molar-refractivity contribution < 1.29 is 19.1 Å². The average Bonchev–Trinajstić information content (AvgIpc) is 2.90. The van der Waals surface area contributed by atoms with Crippen LogP contribution in [0.4, 0.5) is 4.79 Å². The number of benzene rings is 1. The summed E-state index contributed by atoms with van der Waals surface area (Å²) in [7, 11) is 3.03. The van der Waals surface area contributed by atoms with Crippen molar-refractivity contribution in [2.45, 2.75) is 0 Å². The first-order valence-corrected chi connectivity index (χ1v) is 7.24. The molecule has 1 aromatic carbocycles. The lowest BCUT2D eigenvalue weighted by molar-refractivity contribution is 0.103. The molecule has 8 heteroatoms. The van der Waals surface area contributed by atoms with Gasteiger partial charge in [-0.1, -0.05) is 11.6 Å². The van der Waals surface area contributed by atoms with Crippen LogP contribution in [-0.4, -0.2) is 33.6 Å². The van der Waals surface area contributed by atoms with Gasteiger partial charge in [0.1, 0.15) is 22.9 Å². The molecule has 3 rings (SSSR count). The summed E-state index contributed by atoms with van der Waals surface area (Å²) in [4.78, 5) is 31.7. The smallest absolute Gasteiger partial charge is 0.437 e. The lowest BCUT2D eigenvalue weighted by Gasteiger charge is -2.04. The summed E-state index contributed by atoms with van der Waals surface area (Å²) < 4.78 is 11.3. The Kier molecular flexibility index (Phi) is 4.18. The average molecular weight is 346 g/mol. The van der Waals surface area contributed by atoms with Crippen LogP contribution in [0.25, 0.3) is 10.9 Å².